The Labute approximate surface area is 171 Å². The van der Waals surface area contributed by atoms with Gasteiger partial charge in [-0.2, -0.15) is 4.98 Å². The third-order valence-corrected chi connectivity index (χ3v) is 6.33. The molecule has 1 aliphatic carbocycles. The minimum atomic E-state index is -0.415. The maximum atomic E-state index is 12.0. The van der Waals surface area contributed by atoms with Crippen molar-refractivity contribution in [2.75, 3.05) is 11.4 Å². The van der Waals surface area contributed by atoms with Crippen molar-refractivity contribution in [2.45, 2.75) is 59.9 Å². The smallest absolute Gasteiger partial charge is 0.373 e. The molecule has 29 heavy (non-hydrogen) atoms. The second-order valence-electron chi connectivity index (χ2n) is 9.80. The zero-order valence-corrected chi connectivity index (χ0v) is 17.7. The van der Waals surface area contributed by atoms with E-state index in [1.807, 2.05) is 26.0 Å². The van der Waals surface area contributed by atoms with Gasteiger partial charge in [-0.3, -0.25) is 10.1 Å². The Kier molecular flexibility index (Phi) is 4.52. The lowest BCUT2D eigenvalue weighted by Crippen LogP contribution is -2.35. The quantitative estimate of drug-likeness (QED) is 0.522. The fourth-order valence-electron chi connectivity index (χ4n) is 5.40. The molecule has 7 heteroatoms. The van der Waals surface area contributed by atoms with Gasteiger partial charge in [0.15, 0.2) is 0 Å². The first-order chi connectivity index (χ1) is 13.6. The SMILES string of the molecule is Cc1ccc(Oc2ncnc(N3CC4(C)CC3CC(C)(C)C4)c2[N+](=O)[O-])cc1C. The summed E-state index contributed by atoms with van der Waals surface area (Å²) in [6, 6.07) is 5.85. The number of nitro groups is 1. The van der Waals surface area contributed by atoms with Crippen molar-refractivity contribution < 1.29 is 9.66 Å². The van der Waals surface area contributed by atoms with Gasteiger partial charge in [-0.15, -0.1) is 0 Å². The molecule has 1 aliphatic heterocycles. The van der Waals surface area contributed by atoms with Gasteiger partial charge in [-0.05, 0) is 67.2 Å². The van der Waals surface area contributed by atoms with Crippen LogP contribution in [0.25, 0.3) is 0 Å². The van der Waals surface area contributed by atoms with E-state index in [-0.39, 0.29) is 28.4 Å². The summed E-state index contributed by atoms with van der Waals surface area (Å²) in [6.07, 6.45) is 4.51. The van der Waals surface area contributed by atoms with Crippen LogP contribution in [0, 0.1) is 34.8 Å². The number of hydrogen-bond acceptors (Lipinski definition) is 6. The predicted molar refractivity (Wildman–Crippen MR) is 112 cm³/mol. The standard InChI is InChI=1S/C22H28N4O3/c1-14-6-7-17(8-15(14)2)29-20-18(26(27)28)19(23-13-24-20)25-12-22(5)10-16(25)9-21(3,4)11-22/h6-8,13,16H,9-12H2,1-5H3. The van der Waals surface area contributed by atoms with Gasteiger partial charge < -0.3 is 9.64 Å². The molecule has 0 radical (unpaired) electrons. The number of aryl methyl sites for hydroxylation is 2. The number of anilines is 1. The first kappa shape index (κ1) is 19.6. The number of rotatable bonds is 4. The molecule has 0 spiro atoms. The van der Waals surface area contributed by atoms with Crippen LogP contribution in [0.3, 0.4) is 0 Å². The monoisotopic (exact) mass is 396 g/mol. The molecule has 1 aromatic carbocycles. The molecule has 2 atom stereocenters. The first-order valence-corrected chi connectivity index (χ1v) is 10.1. The Morgan fingerprint density at radius 1 is 1.17 bits per heavy atom. The van der Waals surface area contributed by atoms with E-state index in [2.05, 4.69) is 35.6 Å². The minimum Gasteiger partial charge on any atom is -0.434 e. The van der Waals surface area contributed by atoms with E-state index in [1.165, 1.54) is 6.33 Å². The van der Waals surface area contributed by atoms with Crippen LogP contribution in [0.15, 0.2) is 24.5 Å². The molecular weight excluding hydrogens is 368 g/mol. The maximum absolute atomic E-state index is 12.0. The summed E-state index contributed by atoms with van der Waals surface area (Å²) >= 11 is 0. The second-order valence-corrected chi connectivity index (χ2v) is 9.80. The van der Waals surface area contributed by atoms with Crippen LogP contribution < -0.4 is 9.64 Å². The molecule has 2 unspecified atom stereocenters. The van der Waals surface area contributed by atoms with Crippen molar-refractivity contribution in [3.63, 3.8) is 0 Å². The topological polar surface area (TPSA) is 81.4 Å². The summed E-state index contributed by atoms with van der Waals surface area (Å²) in [5, 5.41) is 12.0. The molecule has 2 bridgehead atoms. The highest BCUT2D eigenvalue weighted by molar-refractivity contribution is 5.65. The van der Waals surface area contributed by atoms with Crippen molar-refractivity contribution in [3.8, 4) is 11.6 Å². The number of aromatic nitrogens is 2. The molecule has 4 rings (SSSR count). The molecule has 1 saturated heterocycles. The zero-order valence-electron chi connectivity index (χ0n) is 17.7. The molecule has 0 amide bonds. The lowest BCUT2D eigenvalue weighted by atomic mass is 9.65. The zero-order chi connectivity index (χ0) is 21.0. The van der Waals surface area contributed by atoms with Crippen LogP contribution in [0.4, 0.5) is 11.5 Å². The fourth-order valence-corrected chi connectivity index (χ4v) is 5.40. The molecule has 7 nitrogen and oxygen atoms in total. The molecule has 154 valence electrons. The van der Waals surface area contributed by atoms with E-state index in [0.29, 0.717) is 11.6 Å². The van der Waals surface area contributed by atoms with Gasteiger partial charge in [-0.25, -0.2) is 4.98 Å². The number of nitrogens with zero attached hydrogens (tertiary/aromatic N) is 4. The van der Waals surface area contributed by atoms with Crippen molar-refractivity contribution in [1.82, 2.24) is 9.97 Å². The predicted octanol–water partition coefficient (Wildman–Crippen LogP) is 5.20. The maximum Gasteiger partial charge on any atom is 0.373 e. The van der Waals surface area contributed by atoms with Crippen LogP contribution in [-0.2, 0) is 0 Å². The Hall–Kier alpha value is -2.70. The summed E-state index contributed by atoms with van der Waals surface area (Å²) in [6.45, 7) is 11.6. The van der Waals surface area contributed by atoms with E-state index in [4.69, 9.17) is 4.74 Å². The fraction of sp³-hybridized carbons (Fsp3) is 0.545. The normalized spacial score (nSPS) is 25.1. The Morgan fingerprint density at radius 2 is 1.93 bits per heavy atom. The van der Waals surface area contributed by atoms with E-state index in [9.17, 15) is 10.1 Å². The highest BCUT2D eigenvalue weighted by atomic mass is 16.6. The van der Waals surface area contributed by atoms with Crippen molar-refractivity contribution in [2.24, 2.45) is 10.8 Å². The van der Waals surface area contributed by atoms with E-state index < -0.39 is 4.92 Å². The van der Waals surface area contributed by atoms with Crippen LogP contribution >= 0.6 is 0 Å². The summed E-state index contributed by atoms with van der Waals surface area (Å²) < 4.78 is 5.86. The Bertz CT molecular complexity index is 975. The summed E-state index contributed by atoms with van der Waals surface area (Å²) in [5.74, 6) is 0.901. The number of fused-ring (bicyclic) bond motifs is 2. The molecule has 2 aromatic rings. The second kappa shape index (κ2) is 6.68. The molecule has 2 fully saturated rings. The molecule has 0 N–H and O–H groups in total. The van der Waals surface area contributed by atoms with Gasteiger partial charge in [0, 0.05) is 12.6 Å². The molecule has 2 heterocycles. The first-order valence-electron chi connectivity index (χ1n) is 10.1. The Morgan fingerprint density at radius 3 is 2.62 bits per heavy atom. The number of ether oxygens (including phenoxy) is 1. The van der Waals surface area contributed by atoms with Crippen LogP contribution in [0.2, 0.25) is 0 Å². The highest BCUT2D eigenvalue weighted by Crippen LogP contribution is 2.54. The van der Waals surface area contributed by atoms with Crippen LogP contribution in [0.1, 0.15) is 51.2 Å². The van der Waals surface area contributed by atoms with Gasteiger partial charge in [0.25, 0.3) is 0 Å². The van der Waals surface area contributed by atoms with Gasteiger partial charge in [0.2, 0.25) is 5.82 Å². The van der Waals surface area contributed by atoms with E-state index in [1.54, 1.807) is 6.07 Å². The number of hydrogen-bond donors (Lipinski definition) is 0. The van der Waals surface area contributed by atoms with Crippen molar-refractivity contribution in [1.29, 1.82) is 0 Å². The van der Waals surface area contributed by atoms with Gasteiger partial charge in [0.05, 0.1) is 4.92 Å². The summed E-state index contributed by atoms with van der Waals surface area (Å²) in [7, 11) is 0. The average Bonchev–Trinajstić information content (AvgIpc) is 2.86. The van der Waals surface area contributed by atoms with Crippen molar-refractivity contribution >= 4 is 11.5 Å². The molecule has 1 aromatic heterocycles. The molecular formula is C22H28N4O3. The van der Waals surface area contributed by atoms with Crippen molar-refractivity contribution in [3.05, 3.63) is 45.8 Å². The highest BCUT2D eigenvalue weighted by Gasteiger charge is 2.51. The largest absolute Gasteiger partial charge is 0.434 e. The van der Waals surface area contributed by atoms with Gasteiger partial charge >= 0.3 is 11.6 Å². The van der Waals surface area contributed by atoms with E-state index >= 15 is 0 Å². The number of benzene rings is 1. The summed E-state index contributed by atoms with van der Waals surface area (Å²) in [4.78, 5) is 22.2. The lowest BCUT2D eigenvalue weighted by Gasteiger charge is -2.39. The lowest BCUT2D eigenvalue weighted by molar-refractivity contribution is -0.385. The molecule has 1 saturated carbocycles. The minimum absolute atomic E-state index is 0.00545. The Balaban J connectivity index is 1.73. The molecule has 2 aliphatic rings. The van der Waals surface area contributed by atoms with Crippen LogP contribution in [-0.4, -0.2) is 27.5 Å². The third-order valence-electron chi connectivity index (χ3n) is 6.33. The average molecular weight is 396 g/mol. The van der Waals surface area contributed by atoms with Gasteiger partial charge in [0.1, 0.15) is 12.1 Å². The van der Waals surface area contributed by atoms with Gasteiger partial charge in [-0.1, -0.05) is 26.8 Å². The third kappa shape index (κ3) is 3.66. The van der Waals surface area contributed by atoms with Crippen LogP contribution in [0.5, 0.6) is 11.6 Å². The van der Waals surface area contributed by atoms with E-state index in [0.717, 1.165) is 36.9 Å². The summed E-state index contributed by atoms with van der Waals surface area (Å²) in [5.41, 5.74) is 2.39.